The molecule has 0 saturated carbocycles. The SMILES string of the molecule is CCOC(=O)C1CCCN(C(=O)CN(C)C(=O)CCNS(=O)(=O)c2ccc(C)c(C)c2)C1. The Kier molecular flexibility index (Phi) is 9.21. The first kappa shape index (κ1) is 25.8. The summed E-state index contributed by atoms with van der Waals surface area (Å²) in [7, 11) is -2.22. The highest BCUT2D eigenvalue weighted by atomic mass is 32.2. The van der Waals surface area contributed by atoms with E-state index in [9.17, 15) is 22.8 Å². The van der Waals surface area contributed by atoms with Gasteiger partial charge in [-0.05, 0) is 56.9 Å². The maximum atomic E-state index is 12.6. The van der Waals surface area contributed by atoms with E-state index in [0.29, 0.717) is 26.0 Å². The molecule has 1 fully saturated rings. The van der Waals surface area contributed by atoms with E-state index >= 15 is 0 Å². The van der Waals surface area contributed by atoms with Crippen molar-refractivity contribution in [2.75, 3.05) is 39.8 Å². The van der Waals surface area contributed by atoms with Crippen molar-refractivity contribution in [2.45, 2.75) is 44.9 Å². The lowest BCUT2D eigenvalue weighted by Crippen LogP contribution is -2.47. The fourth-order valence-corrected chi connectivity index (χ4v) is 4.61. The van der Waals surface area contributed by atoms with Crippen LogP contribution in [0.25, 0.3) is 0 Å². The Labute approximate surface area is 190 Å². The fraction of sp³-hybridized carbons (Fsp3) is 0.591. The van der Waals surface area contributed by atoms with Crippen molar-refractivity contribution in [3.05, 3.63) is 29.3 Å². The number of esters is 1. The summed E-state index contributed by atoms with van der Waals surface area (Å²) in [4.78, 5) is 39.9. The summed E-state index contributed by atoms with van der Waals surface area (Å²) in [5.41, 5.74) is 1.86. The van der Waals surface area contributed by atoms with E-state index in [0.717, 1.165) is 11.1 Å². The quantitative estimate of drug-likeness (QED) is 0.547. The number of sulfonamides is 1. The summed E-state index contributed by atoms with van der Waals surface area (Å²) in [6.07, 6.45) is 1.31. The van der Waals surface area contributed by atoms with Crippen molar-refractivity contribution in [1.82, 2.24) is 14.5 Å². The zero-order valence-electron chi connectivity index (χ0n) is 19.2. The molecule has 1 unspecified atom stereocenters. The van der Waals surface area contributed by atoms with Crippen molar-refractivity contribution in [3.63, 3.8) is 0 Å². The lowest BCUT2D eigenvalue weighted by atomic mass is 9.98. The number of benzene rings is 1. The number of piperidine rings is 1. The second-order valence-electron chi connectivity index (χ2n) is 8.07. The second-order valence-corrected chi connectivity index (χ2v) is 9.84. The number of amides is 2. The standard InChI is InChI=1S/C22H33N3O6S/c1-5-31-22(28)18-7-6-12-25(14-18)21(27)15-24(4)20(26)10-11-23-32(29,30)19-9-8-16(2)17(3)13-19/h8-9,13,18,23H,5-7,10-12,14-15H2,1-4H3. The number of carbonyl (C=O) groups excluding carboxylic acids is 3. The minimum atomic E-state index is -3.72. The molecule has 1 saturated heterocycles. The van der Waals surface area contributed by atoms with Gasteiger partial charge in [0.1, 0.15) is 0 Å². The highest BCUT2D eigenvalue weighted by Crippen LogP contribution is 2.18. The van der Waals surface area contributed by atoms with Crippen LogP contribution in [0.4, 0.5) is 0 Å². The van der Waals surface area contributed by atoms with E-state index in [1.54, 1.807) is 24.0 Å². The van der Waals surface area contributed by atoms with Crippen LogP contribution >= 0.6 is 0 Å². The van der Waals surface area contributed by atoms with Crippen molar-refractivity contribution < 1.29 is 27.5 Å². The van der Waals surface area contributed by atoms with E-state index in [1.807, 2.05) is 13.8 Å². The average Bonchev–Trinajstić information content (AvgIpc) is 2.75. The molecule has 1 heterocycles. The lowest BCUT2D eigenvalue weighted by Gasteiger charge is -2.32. The topological polar surface area (TPSA) is 113 Å². The van der Waals surface area contributed by atoms with Gasteiger partial charge in [0.25, 0.3) is 0 Å². The van der Waals surface area contributed by atoms with Gasteiger partial charge in [-0.1, -0.05) is 6.07 Å². The highest BCUT2D eigenvalue weighted by Gasteiger charge is 2.30. The number of rotatable bonds is 9. The van der Waals surface area contributed by atoms with Gasteiger partial charge in [0, 0.05) is 33.1 Å². The molecule has 0 aliphatic carbocycles. The molecular weight excluding hydrogens is 434 g/mol. The molecule has 1 aliphatic heterocycles. The number of hydrogen-bond donors (Lipinski definition) is 1. The maximum Gasteiger partial charge on any atom is 0.310 e. The van der Waals surface area contributed by atoms with E-state index in [2.05, 4.69) is 4.72 Å². The van der Waals surface area contributed by atoms with Crippen LogP contribution in [-0.4, -0.2) is 75.8 Å². The molecule has 1 aromatic rings. The molecule has 10 heteroatoms. The summed E-state index contributed by atoms with van der Waals surface area (Å²) in [5.74, 6) is -1.23. The fourth-order valence-electron chi connectivity index (χ4n) is 3.49. The van der Waals surface area contributed by atoms with Crippen molar-refractivity contribution in [3.8, 4) is 0 Å². The predicted molar refractivity (Wildman–Crippen MR) is 119 cm³/mol. The molecule has 0 spiro atoms. The maximum absolute atomic E-state index is 12.6. The van der Waals surface area contributed by atoms with Crippen molar-refractivity contribution in [1.29, 1.82) is 0 Å². The number of aryl methyl sites for hydroxylation is 2. The van der Waals surface area contributed by atoms with Crippen LogP contribution in [-0.2, 0) is 29.1 Å². The molecule has 178 valence electrons. The Morgan fingerprint density at radius 2 is 1.94 bits per heavy atom. The average molecular weight is 468 g/mol. The zero-order valence-corrected chi connectivity index (χ0v) is 20.0. The first-order valence-electron chi connectivity index (χ1n) is 10.8. The third kappa shape index (κ3) is 7.03. The number of likely N-dealkylation sites (N-methyl/N-ethyl adjacent to an activating group) is 1. The number of nitrogens with one attached hydrogen (secondary N) is 1. The van der Waals surface area contributed by atoms with Gasteiger partial charge >= 0.3 is 5.97 Å². The van der Waals surface area contributed by atoms with Gasteiger partial charge in [-0.3, -0.25) is 14.4 Å². The lowest BCUT2D eigenvalue weighted by molar-refractivity contribution is -0.152. The molecule has 32 heavy (non-hydrogen) atoms. The van der Waals surface area contributed by atoms with E-state index in [4.69, 9.17) is 4.74 Å². The summed E-state index contributed by atoms with van der Waals surface area (Å²) >= 11 is 0. The van der Waals surface area contributed by atoms with Crippen LogP contribution in [0.3, 0.4) is 0 Å². The smallest absolute Gasteiger partial charge is 0.310 e. The number of nitrogens with zero attached hydrogens (tertiary/aromatic N) is 2. The zero-order chi connectivity index (χ0) is 23.9. The summed E-state index contributed by atoms with van der Waals surface area (Å²) in [6.45, 7) is 6.40. The number of carbonyl (C=O) groups is 3. The van der Waals surface area contributed by atoms with Gasteiger partial charge < -0.3 is 14.5 Å². The van der Waals surface area contributed by atoms with Crippen LogP contribution in [0, 0.1) is 19.8 Å². The predicted octanol–water partition coefficient (Wildman–Crippen LogP) is 1.23. The molecule has 0 bridgehead atoms. The molecule has 2 amide bonds. The summed E-state index contributed by atoms with van der Waals surface area (Å²) in [5, 5.41) is 0. The molecule has 0 aromatic heterocycles. The minimum absolute atomic E-state index is 0.0682. The summed E-state index contributed by atoms with van der Waals surface area (Å²) < 4.78 is 32.3. The van der Waals surface area contributed by atoms with Gasteiger partial charge in [0.15, 0.2) is 0 Å². The van der Waals surface area contributed by atoms with Gasteiger partial charge in [-0.15, -0.1) is 0 Å². The van der Waals surface area contributed by atoms with E-state index < -0.39 is 10.0 Å². The van der Waals surface area contributed by atoms with Crippen LogP contribution < -0.4 is 4.72 Å². The number of likely N-dealkylation sites (tertiary alicyclic amines) is 1. The monoisotopic (exact) mass is 467 g/mol. The Hall–Kier alpha value is -2.46. The Morgan fingerprint density at radius 3 is 2.59 bits per heavy atom. The normalized spacial score (nSPS) is 16.5. The summed E-state index contributed by atoms with van der Waals surface area (Å²) in [6, 6.07) is 4.85. The molecule has 1 atom stereocenters. The Morgan fingerprint density at radius 1 is 1.22 bits per heavy atom. The first-order chi connectivity index (χ1) is 15.0. The molecular formula is C22H33N3O6S. The van der Waals surface area contributed by atoms with E-state index in [1.165, 1.54) is 18.0 Å². The molecule has 1 aromatic carbocycles. The largest absolute Gasteiger partial charge is 0.466 e. The Bertz CT molecular complexity index is 947. The van der Waals surface area contributed by atoms with Crippen molar-refractivity contribution in [2.24, 2.45) is 5.92 Å². The first-order valence-corrected chi connectivity index (χ1v) is 12.3. The minimum Gasteiger partial charge on any atom is -0.466 e. The van der Waals surface area contributed by atoms with Gasteiger partial charge in [0.2, 0.25) is 21.8 Å². The van der Waals surface area contributed by atoms with E-state index in [-0.39, 0.29) is 54.7 Å². The van der Waals surface area contributed by atoms with Gasteiger partial charge in [-0.25, -0.2) is 13.1 Å². The second kappa shape index (κ2) is 11.4. The number of ether oxygens (including phenoxy) is 1. The van der Waals surface area contributed by atoms with Crippen LogP contribution in [0.1, 0.15) is 37.3 Å². The third-order valence-electron chi connectivity index (χ3n) is 5.61. The molecule has 9 nitrogen and oxygen atoms in total. The highest BCUT2D eigenvalue weighted by molar-refractivity contribution is 7.89. The molecule has 0 radical (unpaired) electrons. The van der Waals surface area contributed by atoms with Crippen LogP contribution in [0.2, 0.25) is 0 Å². The third-order valence-corrected chi connectivity index (χ3v) is 7.07. The van der Waals surface area contributed by atoms with Crippen molar-refractivity contribution >= 4 is 27.8 Å². The number of hydrogen-bond acceptors (Lipinski definition) is 6. The Balaban J connectivity index is 1.82. The molecule has 1 N–H and O–H groups in total. The van der Waals surface area contributed by atoms with Crippen LogP contribution in [0.5, 0.6) is 0 Å². The van der Waals surface area contributed by atoms with Gasteiger partial charge in [-0.2, -0.15) is 0 Å². The molecule has 1 aliphatic rings. The molecule has 2 rings (SSSR count). The van der Waals surface area contributed by atoms with Gasteiger partial charge in [0.05, 0.1) is 24.0 Å². The van der Waals surface area contributed by atoms with Crippen LogP contribution in [0.15, 0.2) is 23.1 Å².